The average molecular weight is 221 g/mol. The molecule has 1 heterocycles. The summed E-state index contributed by atoms with van der Waals surface area (Å²) in [6.07, 6.45) is 1.21. The fourth-order valence-electron chi connectivity index (χ4n) is 1.58. The molecule has 0 radical (unpaired) electrons. The molecule has 1 aliphatic rings. The number of unbranched alkanes of at least 4 members (excludes halogenated alkanes) is 1. The Morgan fingerprint density at radius 3 is 3.06 bits per heavy atom. The Labute approximate surface area is 94.6 Å². The van der Waals surface area contributed by atoms with Crippen LogP contribution in [0.2, 0.25) is 0 Å². The van der Waals surface area contributed by atoms with Gasteiger partial charge in [0, 0.05) is 12.2 Å². The Balaban J connectivity index is 2.10. The number of carbonyl (C=O) groups excluding carboxylic acids is 1. The third-order valence-corrected chi connectivity index (χ3v) is 2.44. The Hall–Kier alpha value is -1.55. The van der Waals surface area contributed by atoms with Crippen molar-refractivity contribution >= 4 is 6.09 Å². The zero-order chi connectivity index (χ0) is 11.4. The van der Waals surface area contributed by atoms with Crippen LogP contribution in [0.25, 0.3) is 0 Å². The molecule has 1 N–H and O–H groups in total. The van der Waals surface area contributed by atoms with Crippen LogP contribution in [0.4, 0.5) is 4.79 Å². The Morgan fingerprint density at radius 1 is 1.44 bits per heavy atom. The van der Waals surface area contributed by atoms with Gasteiger partial charge in [0.25, 0.3) is 0 Å². The zero-order valence-corrected chi connectivity index (χ0v) is 9.23. The molecular weight excluding hydrogens is 206 g/mol. The lowest BCUT2D eigenvalue weighted by Gasteiger charge is -2.25. The van der Waals surface area contributed by atoms with Gasteiger partial charge in [-0.3, -0.25) is 5.32 Å². The third kappa shape index (κ3) is 2.33. The van der Waals surface area contributed by atoms with Gasteiger partial charge in [-0.05, 0) is 12.5 Å². The molecule has 4 heteroatoms. The minimum absolute atomic E-state index is 0.385. The predicted octanol–water partition coefficient (Wildman–Crippen LogP) is 2.60. The first-order valence-corrected chi connectivity index (χ1v) is 5.50. The second-order valence-corrected chi connectivity index (χ2v) is 3.68. The van der Waals surface area contributed by atoms with E-state index >= 15 is 0 Å². The molecule has 0 spiro atoms. The van der Waals surface area contributed by atoms with Gasteiger partial charge >= 0.3 is 6.09 Å². The first-order valence-electron chi connectivity index (χ1n) is 5.50. The summed E-state index contributed by atoms with van der Waals surface area (Å²) >= 11 is 0. The molecule has 0 fully saturated rings. The largest absolute Gasteiger partial charge is 0.414 e. The minimum Gasteiger partial charge on any atom is -0.410 e. The van der Waals surface area contributed by atoms with Gasteiger partial charge in [-0.2, -0.15) is 0 Å². The number of benzene rings is 1. The summed E-state index contributed by atoms with van der Waals surface area (Å²) in [7, 11) is 0. The molecule has 1 atom stereocenters. The maximum Gasteiger partial charge on any atom is 0.414 e. The van der Waals surface area contributed by atoms with E-state index in [0.29, 0.717) is 12.4 Å². The van der Waals surface area contributed by atoms with Crippen molar-refractivity contribution in [3.63, 3.8) is 0 Å². The van der Waals surface area contributed by atoms with Crippen molar-refractivity contribution in [3.8, 4) is 5.75 Å². The van der Waals surface area contributed by atoms with Crippen molar-refractivity contribution in [1.82, 2.24) is 5.32 Å². The van der Waals surface area contributed by atoms with E-state index in [1.807, 2.05) is 18.2 Å². The van der Waals surface area contributed by atoms with E-state index in [4.69, 9.17) is 9.47 Å². The van der Waals surface area contributed by atoms with Crippen LogP contribution in [0.3, 0.4) is 0 Å². The Morgan fingerprint density at radius 2 is 2.25 bits per heavy atom. The number of fused-ring (bicyclic) bond motifs is 1. The highest BCUT2D eigenvalue weighted by Crippen LogP contribution is 2.29. The Bertz CT molecular complexity index is 378. The molecule has 0 aliphatic carbocycles. The SMILES string of the molecule is CCCCO[C@@H]1NC(=O)Oc2ccccc21. The molecule has 0 saturated carbocycles. The maximum absolute atomic E-state index is 11.3. The van der Waals surface area contributed by atoms with Crippen LogP contribution in [0.15, 0.2) is 24.3 Å². The topological polar surface area (TPSA) is 47.6 Å². The number of rotatable bonds is 4. The van der Waals surface area contributed by atoms with Gasteiger partial charge in [-0.15, -0.1) is 0 Å². The van der Waals surface area contributed by atoms with Gasteiger partial charge in [-0.25, -0.2) is 4.79 Å². The first kappa shape index (κ1) is 11.0. The van der Waals surface area contributed by atoms with Crippen LogP contribution in [0, 0.1) is 0 Å². The number of para-hydroxylation sites is 1. The van der Waals surface area contributed by atoms with E-state index in [1.54, 1.807) is 6.07 Å². The van der Waals surface area contributed by atoms with E-state index < -0.39 is 6.09 Å². The van der Waals surface area contributed by atoms with Crippen LogP contribution in [-0.2, 0) is 4.74 Å². The molecule has 2 rings (SSSR count). The molecule has 16 heavy (non-hydrogen) atoms. The fraction of sp³-hybridized carbons (Fsp3) is 0.417. The number of amides is 1. The van der Waals surface area contributed by atoms with Crippen LogP contribution >= 0.6 is 0 Å². The molecule has 86 valence electrons. The number of hydrogen-bond acceptors (Lipinski definition) is 3. The average Bonchev–Trinajstić information content (AvgIpc) is 2.29. The van der Waals surface area contributed by atoms with E-state index in [0.717, 1.165) is 18.4 Å². The van der Waals surface area contributed by atoms with Gasteiger partial charge in [0.15, 0.2) is 6.23 Å². The highest BCUT2D eigenvalue weighted by Gasteiger charge is 2.25. The lowest BCUT2D eigenvalue weighted by Crippen LogP contribution is -2.37. The van der Waals surface area contributed by atoms with Gasteiger partial charge < -0.3 is 9.47 Å². The summed E-state index contributed by atoms with van der Waals surface area (Å²) in [6, 6.07) is 7.39. The summed E-state index contributed by atoms with van der Waals surface area (Å²) < 4.78 is 10.6. The lowest BCUT2D eigenvalue weighted by atomic mass is 10.1. The quantitative estimate of drug-likeness (QED) is 0.795. The first-order chi connectivity index (χ1) is 7.81. The molecule has 0 aromatic heterocycles. The summed E-state index contributed by atoms with van der Waals surface area (Å²) in [6.45, 7) is 2.73. The smallest absolute Gasteiger partial charge is 0.410 e. The van der Waals surface area contributed by atoms with E-state index in [9.17, 15) is 4.79 Å². The summed E-state index contributed by atoms with van der Waals surface area (Å²) in [5.74, 6) is 0.577. The van der Waals surface area contributed by atoms with Crippen molar-refractivity contribution in [2.45, 2.75) is 26.0 Å². The third-order valence-electron chi connectivity index (χ3n) is 2.44. The van der Waals surface area contributed by atoms with Crippen LogP contribution in [0.5, 0.6) is 5.75 Å². The van der Waals surface area contributed by atoms with Gasteiger partial charge in [-0.1, -0.05) is 31.5 Å². The van der Waals surface area contributed by atoms with Crippen molar-refractivity contribution in [2.24, 2.45) is 0 Å². The number of hydrogen-bond donors (Lipinski definition) is 1. The Kier molecular flexibility index (Phi) is 3.41. The maximum atomic E-state index is 11.3. The number of ether oxygens (including phenoxy) is 2. The van der Waals surface area contributed by atoms with E-state index in [2.05, 4.69) is 12.2 Å². The molecule has 0 saturated heterocycles. The van der Waals surface area contributed by atoms with Crippen molar-refractivity contribution in [2.75, 3.05) is 6.61 Å². The number of nitrogens with one attached hydrogen (secondary N) is 1. The highest BCUT2D eigenvalue weighted by molar-refractivity contribution is 5.73. The zero-order valence-electron chi connectivity index (χ0n) is 9.23. The molecule has 4 nitrogen and oxygen atoms in total. The predicted molar refractivity (Wildman–Crippen MR) is 59.2 cm³/mol. The minimum atomic E-state index is -0.458. The monoisotopic (exact) mass is 221 g/mol. The molecule has 0 bridgehead atoms. The second-order valence-electron chi connectivity index (χ2n) is 3.68. The summed E-state index contributed by atoms with van der Waals surface area (Å²) in [5, 5.41) is 2.65. The number of carbonyl (C=O) groups is 1. The summed E-state index contributed by atoms with van der Waals surface area (Å²) in [5.41, 5.74) is 0.873. The lowest BCUT2D eigenvalue weighted by molar-refractivity contribution is 0.0209. The molecule has 1 amide bonds. The van der Waals surface area contributed by atoms with Crippen LogP contribution in [-0.4, -0.2) is 12.7 Å². The van der Waals surface area contributed by atoms with Crippen molar-refractivity contribution in [3.05, 3.63) is 29.8 Å². The molecule has 1 aromatic carbocycles. The van der Waals surface area contributed by atoms with Crippen LogP contribution in [0.1, 0.15) is 31.6 Å². The van der Waals surface area contributed by atoms with Gasteiger partial charge in [0.1, 0.15) is 5.75 Å². The normalized spacial score (nSPS) is 18.6. The van der Waals surface area contributed by atoms with Crippen LogP contribution < -0.4 is 10.1 Å². The molecule has 0 unspecified atom stereocenters. The summed E-state index contributed by atoms with van der Waals surface area (Å²) in [4.78, 5) is 11.3. The van der Waals surface area contributed by atoms with Crippen molar-refractivity contribution < 1.29 is 14.3 Å². The van der Waals surface area contributed by atoms with E-state index in [1.165, 1.54) is 0 Å². The standard InChI is InChI=1S/C12H15NO3/c1-2-3-8-15-11-9-6-4-5-7-10(9)16-12(14)13-11/h4-7,11H,2-3,8H2,1H3,(H,13,14)/t11-/m0/s1. The highest BCUT2D eigenvalue weighted by atomic mass is 16.6. The second kappa shape index (κ2) is 4.99. The van der Waals surface area contributed by atoms with E-state index in [-0.39, 0.29) is 6.23 Å². The van der Waals surface area contributed by atoms with Gasteiger partial charge in [0.2, 0.25) is 0 Å². The van der Waals surface area contributed by atoms with Gasteiger partial charge in [0.05, 0.1) is 0 Å². The molecule has 1 aliphatic heterocycles. The molecular formula is C12H15NO3. The van der Waals surface area contributed by atoms with Crippen molar-refractivity contribution in [1.29, 1.82) is 0 Å². The fourth-order valence-corrected chi connectivity index (χ4v) is 1.58. The molecule has 1 aromatic rings.